The van der Waals surface area contributed by atoms with Crippen molar-refractivity contribution in [3.8, 4) is 0 Å². The molecule has 3 rings (SSSR count). The van der Waals surface area contributed by atoms with Crippen LogP contribution in [0.3, 0.4) is 0 Å². The number of anilines is 1. The standard InChI is InChI=1S/C17H12Cl2N2OS/c18-13-7-4-8-14(19)12(13)9-16-21-15(10-23-16)17(22)20-11-5-2-1-3-6-11/h1-8,10H,9H2,(H,20,22). The van der Waals surface area contributed by atoms with Gasteiger partial charge in [0, 0.05) is 27.5 Å². The lowest BCUT2D eigenvalue weighted by molar-refractivity contribution is 0.102. The molecule has 0 spiro atoms. The fraction of sp³-hybridized carbons (Fsp3) is 0.0588. The van der Waals surface area contributed by atoms with Gasteiger partial charge in [0.25, 0.3) is 5.91 Å². The lowest BCUT2D eigenvalue weighted by Crippen LogP contribution is -2.12. The molecule has 0 unspecified atom stereocenters. The number of aromatic nitrogens is 1. The highest BCUT2D eigenvalue weighted by molar-refractivity contribution is 7.09. The minimum atomic E-state index is -0.232. The molecule has 0 atom stereocenters. The van der Waals surface area contributed by atoms with Crippen molar-refractivity contribution in [1.82, 2.24) is 4.98 Å². The van der Waals surface area contributed by atoms with Crippen molar-refractivity contribution in [3.05, 3.63) is 80.2 Å². The summed E-state index contributed by atoms with van der Waals surface area (Å²) in [4.78, 5) is 16.6. The average molecular weight is 363 g/mol. The van der Waals surface area contributed by atoms with E-state index < -0.39 is 0 Å². The Labute approximate surface area is 147 Å². The van der Waals surface area contributed by atoms with Crippen LogP contribution in [0.1, 0.15) is 21.1 Å². The first-order valence-electron chi connectivity index (χ1n) is 6.87. The highest BCUT2D eigenvalue weighted by atomic mass is 35.5. The predicted octanol–water partition coefficient (Wildman–Crippen LogP) is 5.29. The van der Waals surface area contributed by atoms with Crippen molar-refractivity contribution >= 4 is 46.1 Å². The summed E-state index contributed by atoms with van der Waals surface area (Å²) in [5.41, 5.74) is 1.94. The number of hydrogen-bond donors (Lipinski definition) is 1. The first kappa shape index (κ1) is 16.0. The third kappa shape index (κ3) is 3.91. The zero-order valence-corrected chi connectivity index (χ0v) is 14.3. The largest absolute Gasteiger partial charge is 0.321 e. The molecule has 0 saturated carbocycles. The van der Waals surface area contributed by atoms with E-state index in [2.05, 4.69) is 10.3 Å². The maximum atomic E-state index is 12.2. The molecule has 0 bridgehead atoms. The van der Waals surface area contributed by atoms with Crippen LogP contribution in [-0.4, -0.2) is 10.9 Å². The van der Waals surface area contributed by atoms with Crippen LogP contribution < -0.4 is 5.32 Å². The van der Waals surface area contributed by atoms with Gasteiger partial charge in [0.1, 0.15) is 5.69 Å². The van der Waals surface area contributed by atoms with Gasteiger partial charge in [0.2, 0.25) is 0 Å². The SMILES string of the molecule is O=C(Nc1ccccc1)c1csc(Cc2c(Cl)cccc2Cl)n1. The summed E-state index contributed by atoms with van der Waals surface area (Å²) in [6.45, 7) is 0. The van der Waals surface area contributed by atoms with Crippen LogP contribution in [0.5, 0.6) is 0 Å². The Hall–Kier alpha value is -1.88. The molecule has 1 amide bonds. The summed E-state index contributed by atoms with van der Waals surface area (Å²) in [5.74, 6) is -0.232. The van der Waals surface area contributed by atoms with Crippen molar-refractivity contribution in [3.63, 3.8) is 0 Å². The second-order valence-electron chi connectivity index (χ2n) is 4.82. The molecule has 2 aromatic carbocycles. The molecule has 0 radical (unpaired) electrons. The van der Waals surface area contributed by atoms with Gasteiger partial charge in [-0.1, -0.05) is 47.5 Å². The number of benzene rings is 2. The summed E-state index contributed by atoms with van der Waals surface area (Å²) in [7, 11) is 0. The Morgan fingerprint density at radius 2 is 1.74 bits per heavy atom. The monoisotopic (exact) mass is 362 g/mol. The van der Waals surface area contributed by atoms with Gasteiger partial charge < -0.3 is 5.32 Å². The van der Waals surface area contributed by atoms with Gasteiger partial charge in [-0.3, -0.25) is 4.79 Å². The van der Waals surface area contributed by atoms with E-state index in [-0.39, 0.29) is 5.91 Å². The average Bonchev–Trinajstić information content (AvgIpc) is 3.01. The summed E-state index contributed by atoms with van der Waals surface area (Å²) < 4.78 is 0. The normalized spacial score (nSPS) is 10.5. The molecule has 6 heteroatoms. The number of halogens is 2. The Morgan fingerprint density at radius 1 is 1.04 bits per heavy atom. The number of nitrogens with zero attached hydrogens (tertiary/aromatic N) is 1. The van der Waals surface area contributed by atoms with E-state index in [1.165, 1.54) is 11.3 Å². The lowest BCUT2D eigenvalue weighted by Gasteiger charge is -2.04. The highest BCUT2D eigenvalue weighted by Gasteiger charge is 2.13. The first-order chi connectivity index (χ1) is 11.1. The van der Waals surface area contributed by atoms with Gasteiger partial charge in [-0.2, -0.15) is 0 Å². The van der Waals surface area contributed by atoms with Crippen LogP contribution in [0.25, 0.3) is 0 Å². The van der Waals surface area contributed by atoms with Gasteiger partial charge in [0.05, 0.1) is 5.01 Å². The van der Waals surface area contributed by atoms with E-state index in [4.69, 9.17) is 23.2 Å². The Balaban J connectivity index is 1.74. The van der Waals surface area contributed by atoms with Crippen LogP contribution in [0.4, 0.5) is 5.69 Å². The zero-order chi connectivity index (χ0) is 16.2. The number of para-hydroxylation sites is 1. The fourth-order valence-corrected chi connectivity index (χ4v) is 3.38. The molecule has 0 aliphatic heterocycles. The molecule has 0 saturated heterocycles. The summed E-state index contributed by atoms with van der Waals surface area (Å²) >= 11 is 13.7. The van der Waals surface area contributed by atoms with Crippen molar-refractivity contribution in [2.75, 3.05) is 5.32 Å². The van der Waals surface area contributed by atoms with E-state index >= 15 is 0 Å². The molecule has 116 valence electrons. The Bertz CT molecular complexity index is 813. The molecule has 1 heterocycles. The molecule has 1 N–H and O–H groups in total. The van der Waals surface area contributed by atoms with Crippen molar-refractivity contribution in [2.24, 2.45) is 0 Å². The van der Waals surface area contributed by atoms with Crippen LogP contribution in [-0.2, 0) is 6.42 Å². The number of amides is 1. The molecule has 0 aliphatic rings. The van der Waals surface area contributed by atoms with Gasteiger partial charge >= 0.3 is 0 Å². The molecule has 1 aromatic heterocycles. The summed E-state index contributed by atoms with van der Waals surface area (Å²) in [6, 6.07) is 14.7. The Kier molecular flexibility index (Phi) is 4.96. The maximum Gasteiger partial charge on any atom is 0.275 e. The molecule has 0 aliphatic carbocycles. The van der Waals surface area contributed by atoms with Gasteiger partial charge in [-0.15, -0.1) is 11.3 Å². The summed E-state index contributed by atoms with van der Waals surface area (Å²) in [5, 5.41) is 6.54. The predicted molar refractivity (Wildman–Crippen MR) is 95.8 cm³/mol. The molecular weight excluding hydrogens is 351 g/mol. The lowest BCUT2D eigenvalue weighted by atomic mass is 10.1. The smallest absolute Gasteiger partial charge is 0.275 e. The van der Waals surface area contributed by atoms with E-state index in [0.29, 0.717) is 22.2 Å². The number of nitrogens with one attached hydrogen (secondary N) is 1. The van der Waals surface area contributed by atoms with Crippen molar-refractivity contribution in [1.29, 1.82) is 0 Å². The molecule has 3 nitrogen and oxygen atoms in total. The van der Waals surface area contributed by atoms with Crippen molar-refractivity contribution < 1.29 is 4.79 Å². The van der Waals surface area contributed by atoms with Crippen LogP contribution in [0.2, 0.25) is 10.0 Å². The third-order valence-electron chi connectivity index (χ3n) is 3.21. The second kappa shape index (κ2) is 7.13. The minimum absolute atomic E-state index is 0.232. The van der Waals surface area contributed by atoms with Crippen LogP contribution >= 0.6 is 34.5 Å². The van der Waals surface area contributed by atoms with E-state index in [1.807, 2.05) is 30.3 Å². The van der Waals surface area contributed by atoms with E-state index in [9.17, 15) is 4.79 Å². The minimum Gasteiger partial charge on any atom is -0.321 e. The summed E-state index contributed by atoms with van der Waals surface area (Å²) in [6.07, 6.45) is 0.502. The van der Waals surface area contributed by atoms with Crippen LogP contribution in [0.15, 0.2) is 53.9 Å². The number of carbonyl (C=O) groups excluding carboxylic acids is 1. The number of thiazole rings is 1. The van der Waals surface area contributed by atoms with Crippen molar-refractivity contribution in [2.45, 2.75) is 6.42 Å². The third-order valence-corrected chi connectivity index (χ3v) is 4.76. The molecular formula is C17H12Cl2N2OS. The quantitative estimate of drug-likeness (QED) is 0.684. The number of carbonyl (C=O) groups is 1. The highest BCUT2D eigenvalue weighted by Crippen LogP contribution is 2.27. The maximum absolute atomic E-state index is 12.2. The number of hydrogen-bond acceptors (Lipinski definition) is 3. The molecule has 23 heavy (non-hydrogen) atoms. The Morgan fingerprint density at radius 3 is 2.43 bits per heavy atom. The van der Waals surface area contributed by atoms with E-state index in [1.54, 1.807) is 23.6 Å². The van der Waals surface area contributed by atoms with Crippen LogP contribution in [0, 0.1) is 0 Å². The first-order valence-corrected chi connectivity index (χ1v) is 8.51. The zero-order valence-electron chi connectivity index (χ0n) is 11.9. The second-order valence-corrected chi connectivity index (χ2v) is 6.58. The number of rotatable bonds is 4. The topological polar surface area (TPSA) is 42.0 Å². The van der Waals surface area contributed by atoms with Gasteiger partial charge in [-0.25, -0.2) is 4.98 Å². The molecule has 3 aromatic rings. The van der Waals surface area contributed by atoms with E-state index in [0.717, 1.165) is 16.3 Å². The fourth-order valence-electron chi connectivity index (χ4n) is 2.07. The van der Waals surface area contributed by atoms with Gasteiger partial charge in [0.15, 0.2) is 0 Å². The van der Waals surface area contributed by atoms with Gasteiger partial charge in [-0.05, 0) is 29.8 Å². The molecule has 0 fully saturated rings.